The number of hydrogen-bond acceptors (Lipinski definition) is 4. The van der Waals surface area contributed by atoms with Crippen LogP contribution in [0.1, 0.15) is 18.9 Å². The van der Waals surface area contributed by atoms with Crippen LogP contribution >= 0.6 is 11.8 Å². The molecule has 0 saturated carbocycles. The van der Waals surface area contributed by atoms with Crippen LogP contribution in [0.2, 0.25) is 0 Å². The van der Waals surface area contributed by atoms with E-state index < -0.39 is 6.04 Å². The molecule has 2 atom stereocenters. The Morgan fingerprint density at radius 1 is 1.42 bits per heavy atom. The van der Waals surface area contributed by atoms with Crippen LogP contribution in [0.5, 0.6) is 5.75 Å². The maximum atomic E-state index is 11.8. The fraction of sp³-hybridized carbons (Fsp3) is 0.500. The van der Waals surface area contributed by atoms with Gasteiger partial charge in [-0.15, -0.1) is 0 Å². The van der Waals surface area contributed by atoms with E-state index in [-0.39, 0.29) is 11.7 Å². The van der Waals surface area contributed by atoms with Crippen LogP contribution in [0.4, 0.5) is 0 Å². The van der Waals surface area contributed by atoms with E-state index in [4.69, 9.17) is 5.73 Å². The second-order valence-corrected chi connectivity index (χ2v) is 5.88. The van der Waals surface area contributed by atoms with Gasteiger partial charge < -0.3 is 16.2 Å². The summed E-state index contributed by atoms with van der Waals surface area (Å²) in [5.74, 6) is 0.0919. The second-order valence-electron chi connectivity index (χ2n) is 4.60. The van der Waals surface area contributed by atoms with Gasteiger partial charge in [-0.25, -0.2) is 0 Å². The van der Waals surface area contributed by atoms with Crippen molar-refractivity contribution in [1.82, 2.24) is 5.32 Å². The molecule has 4 nitrogen and oxygen atoms in total. The zero-order valence-electron chi connectivity index (χ0n) is 11.4. The quantitative estimate of drug-likeness (QED) is 0.709. The lowest BCUT2D eigenvalue weighted by atomic mass is 10.1. The van der Waals surface area contributed by atoms with Crippen LogP contribution in [0.15, 0.2) is 24.3 Å². The molecule has 0 aliphatic rings. The summed E-state index contributed by atoms with van der Waals surface area (Å²) < 4.78 is 0. The second kappa shape index (κ2) is 8.07. The normalized spacial score (nSPS) is 13.8. The molecule has 0 aliphatic heterocycles. The zero-order chi connectivity index (χ0) is 14.3. The molecule has 0 radical (unpaired) electrons. The van der Waals surface area contributed by atoms with E-state index in [1.807, 2.05) is 0 Å². The number of phenols is 1. The molecule has 19 heavy (non-hydrogen) atoms. The third kappa shape index (κ3) is 5.98. The summed E-state index contributed by atoms with van der Waals surface area (Å²) in [7, 11) is 0. The van der Waals surface area contributed by atoms with Crippen molar-refractivity contribution in [3.8, 4) is 5.75 Å². The Morgan fingerprint density at radius 2 is 2.05 bits per heavy atom. The van der Waals surface area contributed by atoms with Crippen LogP contribution in [-0.2, 0) is 11.2 Å². The Bertz CT molecular complexity index is 395. The maximum Gasteiger partial charge on any atom is 0.237 e. The summed E-state index contributed by atoms with van der Waals surface area (Å²) in [6, 6.07) is 6.20. The minimum atomic E-state index is -0.547. The van der Waals surface area contributed by atoms with Crippen molar-refractivity contribution in [2.24, 2.45) is 5.73 Å². The Kier molecular flexibility index (Phi) is 6.73. The number of aromatic hydroxyl groups is 1. The van der Waals surface area contributed by atoms with Crippen molar-refractivity contribution in [1.29, 1.82) is 0 Å². The molecule has 0 fully saturated rings. The van der Waals surface area contributed by atoms with Crippen molar-refractivity contribution >= 4 is 17.7 Å². The van der Waals surface area contributed by atoms with E-state index in [2.05, 4.69) is 18.5 Å². The fourth-order valence-corrected chi connectivity index (χ4v) is 1.98. The number of rotatable bonds is 7. The summed E-state index contributed by atoms with van der Waals surface area (Å²) in [5, 5.41) is 12.6. The smallest absolute Gasteiger partial charge is 0.237 e. The van der Waals surface area contributed by atoms with E-state index in [0.29, 0.717) is 18.2 Å². The number of carbonyl (C=O) groups excluding carboxylic acids is 1. The molecule has 0 bridgehead atoms. The molecular weight excluding hydrogens is 260 g/mol. The molecule has 1 aromatic rings. The van der Waals surface area contributed by atoms with Crippen molar-refractivity contribution < 1.29 is 9.90 Å². The van der Waals surface area contributed by atoms with E-state index in [0.717, 1.165) is 12.0 Å². The van der Waals surface area contributed by atoms with Crippen LogP contribution in [0.25, 0.3) is 0 Å². The maximum absolute atomic E-state index is 11.8. The summed E-state index contributed by atoms with van der Waals surface area (Å²) in [5.41, 5.74) is 6.80. The predicted molar refractivity (Wildman–Crippen MR) is 80.4 cm³/mol. The number of hydrogen-bond donors (Lipinski definition) is 3. The summed E-state index contributed by atoms with van der Waals surface area (Å²) in [6.45, 7) is 2.79. The lowest BCUT2D eigenvalue weighted by molar-refractivity contribution is -0.122. The molecule has 0 aliphatic carbocycles. The molecular formula is C14H22N2O2S. The van der Waals surface area contributed by atoms with E-state index >= 15 is 0 Å². The molecule has 1 aromatic carbocycles. The first-order valence-electron chi connectivity index (χ1n) is 6.37. The van der Waals surface area contributed by atoms with Gasteiger partial charge in [0.15, 0.2) is 0 Å². The fourth-order valence-electron chi connectivity index (χ4n) is 1.63. The lowest BCUT2D eigenvalue weighted by Crippen LogP contribution is -2.42. The summed E-state index contributed by atoms with van der Waals surface area (Å²) in [4.78, 5) is 11.8. The number of amides is 1. The number of nitrogens with two attached hydrogens (primary N) is 1. The molecule has 0 saturated heterocycles. The highest BCUT2D eigenvalue weighted by molar-refractivity contribution is 7.99. The van der Waals surface area contributed by atoms with Gasteiger partial charge in [-0.3, -0.25) is 4.79 Å². The summed E-state index contributed by atoms with van der Waals surface area (Å²) >= 11 is 1.78. The Morgan fingerprint density at radius 3 is 2.63 bits per heavy atom. The molecule has 0 aromatic heterocycles. The number of thioether (sulfide) groups is 1. The number of benzene rings is 1. The first kappa shape index (κ1) is 15.9. The third-order valence-electron chi connectivity index (χ3n) is 2.98. The summed E-state index contributed by atoms with van der Waals surface area (Å²) in [6.07, 6.45) is 3.48. The standard InChI is InChI=1S/C14H22N2O2S/c1-10(19-2)7-8-16-14(18)13(15)9-11-3-5-12(17)6-4-11/h3-6,10,13,17H,7-9,15H2,1-2H3,(H,16,18)/t10?,13-/m0/s1. The van der Waals surface area contributed by atoms with Crippen molar-refractivity contribution in [2.45, 2.75) is 31.1 Å². The van der Waals surface area contributed by atoms with Gasteiger partial charge in [0.1, 0.15) is 5.75 Å². The first-order valence-corrected chi connectivity index (χ1v) is 7.65. The van der Waals surface area contributed by atoms with Gasteiger partial charge in [-0.2, -0.15) is 11.8 Å². The number of phenolic OH excluding ortho intramolecular Hbond substituents is 1. The van der Waals surface area contributed by atoms with Gasteiger partial charge in [0.2, 0.25) is 5.91 Å². The predicted octanol–water partition coefficient (Wildman–Crippen LogP) is 1.52. The highest BCUT2D eigenvalue weighted by atomic mass is 32.2. The van der Waals surface area contributed by atoms with Crippen LogP contribution in [0, 0.1) is 0 Å². The van der Waals surface area contributed by atoms with Gasteiger partial charge in [-0.05, 0) is 36.8 Å². The van der Waals surface area contributed by atoms with Gasteiger partial charge >= 0.3 is 0 Å². The lowest BCUT2D eigenvalue weighted by Gasteiger charge is -2.14. The molecule has 1 rings (SSSR count). The van der Waals surface area contributed by atoms with Gasteiger partial charge in [0, 0.05) is 11.8 Å². The zero-order valence-corrected chi connectivity index (χ0v) is 12.2. The van der Waals surface area contributed by atoms with E-state index in [1.54, 1.807) is 36.0 Å². The largest absolute Gasteiger partial charge is 0.508 e. The average Bonchev–Trinajstić information content (AvgIpc) is 2.40. The van der Waals surface area contributed by atoms with Crippen LogP contribution in [0.3, 0.4) is 0 Å². The molecule has 1 amide bonds. The monoisotopic (exact) mass is 282 g/mol. The number of carbonyl (C=O) groups is 1. The van der Waals surface area contributed by atoms with Crippen molar-refractivity contribution in [3.63, 3.8) is 0 Å². The van der Waals surface area contributed by atoms with Gasteiger partial charge in [0.25, 0.3) is 0 Å². The minimum absolute atomic E-state index is 0.124. The number of nitrogens with one attached hydrogen (secondary N) is 1. The molecule has 0 spiro atoms. The Hall–Kier alpha value is -1.20. The highest BCUT2D eigenvalue weighted by Crippen LogP contribution is 2.11. The SMILES string of the molecule is CSC(C)CCNC(=O)[C@@H](N)Cc1ccc(O)cc1. The van der Waals surface area contributed by atoms with Crippen molar-refractivity contribution in [3.05, 3.63) is 29.8 Å². The molecule has 4 N–H and O–H groups in total. The molecule has 1 unspecified atom stereocenters. The molecule has 5 heteroatoms. The molecule has 0 heterocycles. The van der Waals surface area contributed by atoms with E-state index in [1.165, 1.54) is 0 Å². The van der Waals surface area contributed by atoms with Gasteiger partial charge in [-0.1, -0.05) is 19.1 Å². The average molecular weight is 282 g/mol. The van der Waals surface area contributed by atoms with Crippen LogP contribution in [-0.4, -0.2) is 35.1 Å². The first-order chi connectivity index (χ1) is 9.02. The highest BCUT2D eigenvalue weighted by Gasteiger charge is 2.13. The van der Waals surface area contributed by atoms with Crippen LogP contribution < -0.4 is 11.1 Å². The van der Waals surface area contributed by atoms with Crippen molar-refractivity contribution in [2.75, 3.05) is 12.8 Å². The molecule has 106 valence electrons. The Labute approximate surface area is 118 Å². The topological polar surface area (TPSA) is 75.4 Å². The Balaban J connectivity index is 2.34. The van der Waals surface area contributed by atoms with Gasteiger partial charge in [0.05, 0.1) is 6.04 Å². The van der Waals surface area contributed by atoms with E-state index in [9.17, 15) is 9.90 Å². The third-order valence-corrected chi connectivity index (χ3v) is 4.02. The minimum Gasteiger partial charge on any atom is -0.508 e.